The van der Waals surface area contributed by atoms with E-state index in [1.807, 2.05) is 6.92 Å². The SMILES string of the molecule is COc1cccc2c1C(=O)c1c(O)c3c(c(O)c1C2=O)CC(C(=O)CO)C[C@@H]3C1CC(N)C(OC2CCCCO2)C(C)O1. The summed E-state index contributed by atoms with van der Waals surface area (Å²) in [5, 5.41) is 33.1. The van der Waals surface area contributed by atoms with Gasteiger partial charge in [-0.05, 0) is 51.5 Å². The van der Waals surface area contributed by atoms with E-state index < -0.39 is 71.6 Å². The quantitative estimate of drug-likeness (QED) is 0.308. The Labute approximate surface area is 248 Å². The molecule has 43 heavy (non-hydrogen) atoms. The molecule has 6 unspecified atom stereocenters. The number of benzene rings is 2. The number of rotatable bonds is 6. The number of Topliss-reactive ketones (excluding diaryl/α,β-unsaturated/α-hetero) is 1. The van der Waals surface area contributed by atoms with Gasteiger partial charge in [0.05, 0.1) is 36.0 Å². The number of methoxy groups -OCH3 is 1. The molecule has 5 N–H and O–H groups in total. The van der Waals surface area contributed by atoms with E-state index in [0.29, 0.717) is 13.0 Å². The molecule has 2 aromatic carbocycles. The molecule has 2 heterocycles. The molecular formula is C32H37NO10. The van der Waals surface area contributed by atoms with Gasteiger partial charge in [-0.3, -0.25) is 14.4 Å². The fraction of sp³-hybridized carbons (Fsp3) is 0.531. The largest absolute Gasteiger partial charge is 0.507 e. The van der Waals surface area contributed by atoms with Gasteiger partial charge in [0.25, 0.3) is 0 Å². The Kier molecular flexibility index (Phi) is 8.03. The van der Waals surface area contributed by atoms with Crippen LogP contribution >= 0.6 is 0 Å². The first-order valence-corrected chi connectivity index (χ1v) is 14.8. The predicted molar refractivity (Wildman–Crippen MR) is 152 cm³/mol. The monoisotopic (exact) mass is 595 g/mol. The van der Waals surface area contributed by atoms with E-state index in [1.165, 1.54) is 13.2 Å². The Hall–Kier alpha value is -3.35. The highest BCUT2D eigenvalue weighted by molar-refractivity contribution is 6.31. The van der Waals surface area contributed by atoms with E-state index in [-0.39, 0.29) is 58.3 Å². The summed E-state index contributed by atoms with van der Waals surface area (Å²) in [7, 11) is 1.38. The molecule has 2 aliphatic heterocycles. The summed E-state index contributed by atoms with van der Waals surface area (Å²) >= 11 is 0. The molecule has 0 amide bonds. The lowest BCUT2D eigenvalue weighted by molar-refractivity contribution is -0.236. The van der Waals surface area contributed by atoms with Gasteiger partial charge in [-0.1, -0.05) is 12.1 Å². The van der Waals surface area contributed by atoms with E-state index in [2.05, 4.69) is 0 Å². The third-order valence-electron chi connectivity index (χ3n) is 9.41. The molecule has 11 nitrogen and oxygen atoms in total. The molecular weight excluding hydrogens is 558 g/mol. The molecule has 230 valence electrons. The molecule has 2 fully saturated rings. The van der Waals surface area contributed by atoms with Crippen LogP contribution in [0.15, 0.2) is 18.2 Å². The van der Waals surface area contributed by atoms with Crippen molar-refractivity contribution < 1.29 is 48.7 Å². The fourth-order valence-corrected chi connectivity index (χ4v) is 7.32. The van der Waals surface area contributed by atoms with Crippen molar-refractivity contribution in [3.05, 3.63) is 51.6 Å². The second-order valence-electron chi connectivity index (χ2n) is 11.9. The van der Waals surface area contributed by atoms with Crippen LogP contribution in [-0.4, -0.2) is 83.6 Å². The zero-order chi connectivity index (χ0) is 30.6. The van der Waals surface area contributed by atoms with Gasteiger partial charge in [0, 0.05) is 41.2 Å². The molecule has 2 aromatic rings. The topological polar surface area (TPSA) is 175 Å². The van der Waals surface area contributed by atoms with Crippen molar-refractivity contribution in [3.63, 3.8) is 0 Å². The molecule has 0 bridgehead atoms. The van der Waals surface area contributed by atoms with E-state index >= 15 is 0 Å². The van der Waals surface area contributed by atoms with Crippen LogP contribution in [-0.2, 0) is 25.4 Å². The average molecular weight is 596 g/mol. The van der Waals surface area contributed by atoms with E-state index in [0.717, 1.165) is 19.3 Å². The van der Waals surface area contributed by atoms with E-state index in [9.17, 15) is 29.7 Å². The van der Waals surface area contributed by atoms with Crippen LogP contribution in [0.1, 0.15) is 87.9 Å². The predicted octanol–water partition coefficient (Wildman–Crippen LogP) is 2.51. The zero-order valence-electron chi connectivity index (χ0n) is 24.2. The van der Waals surface area contributed by atoms with Gasteiger partial charge in [0.15, 0.2) is 17.9 Å². The van der Waals surface area contributed by atoms with Gasteiger partial charge >= 0.3 is 0 Å². The number of aliphatic hydroxyl groups is 1. The maximum absolute atomic E-state index is 13.9. The van der Waals surface area contributed by atoms with Crippen molar-refractivity contribution in [2.45, 2.75) is 82.0 Å². The number of carbonyl (C=O) groups excluding carboxylic acids is 3. The number of phenolic OH excluding ortho intramolecular Hbond substituents is 2. The zero-order valence-corrected chi connectivity index (χ0v) is 24.2. The molecule has 2 saturated heterocycles. The standard InChI is InChI=1S/C32H37NO10/c1-14-32(43-23-8-3-4-9-41-23)19(33)12-22(42-14)17-10-15(20(35)13-34)11-18-24(17)30(38)27-26(29(18)37)28(36)16-6-5-7-21(40-2)25(16)31(27)39/h5-7,14-15,17,19,22-23,32,34,37-38H,3-4,8-13,33H2,1-2H3/t14?,15?,17-,19?,22?,23?,32?/m1/s1. The first-order valence-electron chi connectivity index (χ1n) is 14.8. The molecule has 11 heteroatoms. The summed E-state index contributed by atoms with van der Waals surface area (Å²) in [4.78, 5) is 40.3. The lowest BCUT2D eigenvalue weighted by Crippen LogP contribution is -2.55. The van der Waals surface area contributed by atoms with Crippen LogP contribution in [0.2, 0.25) is 0 Å². The normalized spacial score (nSPS) is 30.3. The Morgan fingerprint density at radius 1 is 1.07 bits per heavy atom. The van der Waals surface area contributed by atoms with Gasteiger partial charge in [-0.2, -0.15) is 0 Å². The second-order valence-corrected chi connectivity index (χ2v) is 11.9. The number of ether oxygens (including phenoxy) is 4. The van der Waals surface area contributed by atoms with Crippen LogP contribution in [0.3, 0.4) is 0 Å². The smallest absolute Gasteiger partial charge is 0.202 e. The molecule has 7 atom stereocenters. The highest BCUT2D eigenvalue weighted by Crippen LogP contribution is 2.53. The van der Waals surface area contributed by atoms with Crippen LogP contribution in [0, 0.1) is 5.92 Å². The van der Waals surface area contributed by atoms with Crippen LogP contribution in [0.4, 0.5) is 0 Å². The molecule has 0 aromatic heterocycles. The first kappa shape index (κ1) is 29.7. The van der Waals surface area contributed by atoms with Crippen molar-refractivity contribution in [2.24, 2.45) is 11.7 Å². The van der Waals surface area contributed by atoms with Gasteiger partial charge < -0.3 is 40.0 Å². The Morgan fingerprint density at radius 2 is 1.84 bits per heavy atom. The summed E-state index contributed by atoms with van der Waals surface area (Å²) in [6, 6.07) is 4.11. The average Bonchev–Trinajstić information content (AvgIpc) is 3.02. The second kappa shape index (κ2) is 11.6. The fourth-order valence-electron chi connectivity index (χ4n) is 7.32. The first-order chi connectivity index (χ1) is 20.7. The van der Waals surface area contributed by atoms with Crippen molar-refractivity contribution in [1.29, 1.82) is 0 Å². The maximum Gasteiger partial charge on any atom is 0.202 e. The van der Waals surface area contributed by atoms with Crippen LogP contribution < -0.4 is 10.5 Å². The number of aromatic hydroxyl groups is 2. The third-order valence-corrected chi connectivity index (χ3v) is 9.41. The number of aliphatic hydroxyl groups excluding tert-OH is 1. The Bertz CT molecular complexity index is 1450. The number of phenols is 2. The molecule has 0 saturated carbocycles. The molecule has 0 radical (unpaired) electrons. The highest BCUT2D eigenvalue weighted by atomic mass is 16.7. The molecule has 2 aliphatic carbocycles. The summed E-state index contributed by atoms with van der Waals surface area (Å²) in [6.07, 6.45) is 1.28. The minimum absolute atomic E-state index is 0.00678. The summed E-state index contributed by atoms with van der Waals surface area (Å²) in [5.74, 6) is -3.84. The number of fused-ring (bicyclic) bond motifs is 3. The maximum atomic E-state index is 13.9. The minimum Gasteiger partial charge on any atom is -0.507 e. The lowest BCUT2D eigenvalue weighted by Gasteiger charge is -2.45. The van der Waals surface area contributed by atoms with E-state index in [4.69, 9.17) is 24.7 Å². The van der Waals surface area contributed by atoms with Crippen LogP contribution in [0.25, 0.3) is 0 Å². The molecule has 4 aliphatic rings. The van der Waals surface area contributed by atoms with Gasteiger partial charge in [-0.15, -0.1) is 0 Å². The number of nitrogens with two attached hydrogens (primary N) is 1. The Morgan fingerprint density at radius 3 is 2.51 bits per heavy atom. The Balaban J connectivity index is 1.42. The van der Waals surface area contributed by atoms with Crippen molar-refractivity contribution in [3.8, 4) is 17.2 Å². The number of hydrogen-bond acceptors (Lipinski definition) is 11. The van der Waals surface area contributed by atoms with Gasteiger partial charge in [0.1, 0.15) is 30.0 Å². The van der Waals surface area contributed by atoms with Crippen molar-refractivity contribution in [2.75, 3.05) is 20.3 Å². The summed E-state index contributed by atoms with van der Waals surface area (Å²) in [6.45, 7) is 1.76. The molecule has 6 rings (SSSR count). The number of hydrogen-bond donors (Lipinski definition) is 4. The summed E-state index contributed by atoms with van der Waals surface area (Å²) < 4.78 is 23.7. The molecule has 0 spiro atoms. The number of ketones is 3. The van der Waals surface area contributed by atoms with Crippen molar-refractivity contribution >= 4 is 17.3 Å². The van der Waals surface area contributed by atoms with Gasteiger partial charge in [-0.25, -0.2) is 0 Å². The minimum atomic E-state index is -0.715. The summed E-state index contributed by atoms with van der Waals surface area (Å²) in [5.41, 5.74) is 6.50. The highest BCUT2D eigenvalue weighted by Gasteiger charge is 2.48. The van der Waals surface area contributed by atoms with E-state index in [1.54, 1.807) is 12.1 Å². The van der Waals surface area contributed by atoms with Crippen molar-refractivity contribution in [1.82, 2.24) is 0 Å². The lowest BCUT2D eigenvalue weighted by atomic mass is 9.68. The van der Waals surface area contributed by atoms with Crippen LogP contribution in [0.5, 0.6) is 17.2 Å². The number of carbonyl (C=O) groups is 3. The van der Waals surface area contributed by atoms with Gasteiger partial charge in [0.2, 0.25) is 5.78 Å². The third kappa shape index (κ3) is 4.93.